The van der Waals surface area contributed by atoms with E-state index in [9.17, 15) is 18.0 Å². The molecule has 1 fully saturated rings. The minimum atomic E-state index is -4.21. The Labute approximate surface area is 156 Å². The number of nitrogens with one attached hydrogen (secondary N) is 1. The lowest BCUT2D eigenvalue weighted by molar-refractivity contribution is -0.183. The molecule has 0 radical (unpaired) electrons. The summed E-state index contributed by atoms with van der Waals surface area (Å²) >= 11 is 0. The molecule has 1 amide bonds. The first-order chi connectivity index (χ1) is 12.8. The Morgan fingerprint density at radius 2 is 2.07 bits per heavy atom. The van der Waals surface area contributed by atoms with E-state index in [1.165, 1.54) is 6.20 Å². The summed E-state index contributed by atoms with van der Waals surface area (Å²) in [7, 11) is 0. The van der Waals surface area contributed by atoms with Crippen LogP contribution in [-0.2, 0) is 0 Å². The van der Waals surface area contributed by atoms with Crippen molar-refractivity contribution < 1.29 is 18.0 Å². The van der Waals surface area contributed by atoms with E-state index in [-0.39, 0.29) is 24.7 Å². The second kappa shape index (κ2) is 7.70. The SMILES string of the molecule is CC(C)c1c(C(=O)N[C@H]2CCC[C@H](C(F)(F)F)C2)cnn1-c1ccccn1. The van der Waals surface area contributed by atoms with Crippen molar-refractivity contribution >= 4 is 5.91 Å². The molecule has 1 N–H and O–H groups in total. The Morgan fingerprint density at radius 1 is 1.30 bits per heavy atom. The van der Waals surface area contributed by atoms with Crippen LogP contribution in [-0.4, -0.2) is 32.9 Å². The van der Waals surface area contributed by atoms with Gasteiger partial charge in [0.2, 0.25) is 0 Å². The maximum absolute atomic E-state index is 13.0. The molecule has 0 aromatic carbocycles. The molecule has 2 aromatic rings. The maximum Gasteiger partial charge on any atom is 0.391 e. The Balaban J connectivity index is 1.80. The fourth-order valence-corrected chi connectivity index (χ4v) is 3.63. The van der Waals surface area contributed by atoms with Gasteiger partial charge in [0, 0.05) is 12.2 Å². The molecule has 1 aliphatic rings. The Kier molecular flexibility index (Phi) is 5.53. The van der Waals surface area contributed by atoms with Crippen molar-refractivity contribution in [3.05, 3.63) is 41.9 Å². The highest BCUT2D eigenvalue weighted by Gasteiger charge is 2.42. The summed E-state index contributed by atoms with van der Waals surface area (Å²) in [5.41, 5.74) is 1.07. The zero-order valence-corrected chi connectivity index (χ0v) is 15.3. The zero-order chi connectivity index (χ0) is 19.6. The third kappa shape index (κ3) is 4.31. The van der Waals surface area contributed by atoms with Crippen molar-refractivity contribution in [2.24, 2.45) is 5.92 Å². The number of alkyl halides is 3. The number of halogens is 3. The van der Waals surface area contributed by atoms with Gasteiger partial charge in [0.05, 0.1) is 23.4 Å². The molecule has 27 heavy (non-hydrogen) atoms. The number of pyridine rings is 1. The summed E-state index contributed by atoms with van der Waals surface area (Å²) in [5.74, 6) is -1.15. The Morgan fingerprint density at radius 3 is 2.70 bits per heavy atom. The fraction of sp³-hybridized carbons (Fsp3) is 0.526. The third-order valence-electron chi connectivity index (χ3n) is 4.94. The molecule has 0 aliphatic heterocycles. The lowest BCUT2D eigenvalue weighted by Gasteiger charge is -2.31. The van der Waals surface area contributed by atoms with Crippen molar-refractivity contribution in [2.45, 2.75) is 57.7 Å². The average molecular weight is 380 g/mol. The van der Waals surface area contributed by atoms with Crippen molar-refractivity contribution in [1.29, 1.82) is 0 Å². The van der Waals surface area contributed by atoms with Gasteiger partial charge < -0.3 is 5.32 Å². The highest BCUT2D eigenvalue weighted by Crippen LogP contribution is 2.37. The van der Waals surface area contributed by atoms with Gasteiger partial charge in [-0.15, -0.1) is 0 Å². The van der Waals surface area contributed by atoms with Crippen LogP contribution in [0.5, 0.6) is 0 Å². The van der Waals surface area contributed by atoms with Gasteiger partial charge in [-0.3, -0.25) is 4.79 Å². The van der Waals surface area contributed by atoms with Crippen molar-refractivity contribution in [3.63, 3.8) is 0 Å². The van der Waals surface area contributed by atoms with Crippen molar-refractivity contribution in [1.82, 2.24) is 20.1 Å². The van der Waals surface area contributed by atoms with Crippen LogP contribution in [0.4, 0.5) is 13.2 Å². The number of hydrogen-bond donors (Lipinski definition) is 1. The number of carbonyl (C=O) groups excluding carboxylic acids is 1. The summed E-state index contributed by atoms with van der Waals surface area (Å²) < 4.78 is 40.6. The van der Waals surface area contributed by atoms with Crippen molar-refractivity contribution in [2.75, 3.05) is 0 Å². The molecular weight excluding hydrogens is 357 g/mol. The van der Waals surface area contributed by atoms with Gasteiger partial charge in [-0.05, 0) is 37.3 Å². The van der Waals surface area contributed by atoms with Crippen LogP contribution in [0.3, 0.4) is 0 Å². The van der Waals surface area contributed by atoms with Crippen molar-refractivity contribution in [3.8, 4) is 5.82 Å². The molecule has 0 spiro atoms. The van der Waals surface area contributed by atoms with Gasteiger partial charge in [-0.25, -0.2) is 9.67 Å². The predicted molar refractivity (Wildman–Crippen MR) is 94.7 cm³/mol. The molecule has 0 unspecified atom stereocenters. The molecule has 2 heterocycles. The highest BCUT2D eigenvalue weighted by molar-refractivity contribution is 5.95. The third-order valence-corrected chi connectivity index (χ3v) is 4.94. The molecule has 8 heteroatoms. The average Bonchev–Trinajstić information content (AvgIpc) is 3.07. The van der Waals surface area contributed by atoms with E-state index in [2.05, 4.69) is 15.4 Å². The molecule has 146 valence electrons. The van der Waals surface area contributed by atoms with E-state index >= 15 is 0 Å². The van der Waals surface area contributed by atoms with E-state index in [0.717, 1.165) is 0 Å². The first-order valence-corrected chi connectivity index (χ1v) is 9.14. The number of amides is 1. The topological polar surface area (TPSA) is 59.8 Å². The summed E-state index contributed by atoms with van der Waals surface area (Å²) in [6.07, 6.45) is -0.0334. The van der Waals surface area contributed by atoms with Crippen LogP contribution < -0.4 is 5.32 Å². The zero-order valence-electron chi connectivity index (χ0n) is 15.3. The number of hydrogen-bond acceptors (Lipinski definition) is 3. The van der Waals surface area contributed by atoms with E-state index in [1.807, 2.05) is 19.9 Å². The van der Waals surface area contributed by atoms with Gasteiger partial charge >= 0.3 is 6.18 Å². The maximum atomic E-state index is 13.0. The van der Waals surface area contributed by atoms with Gasteiger partial charge in [0.25, 0.3) is 5.91 Å². The largest absolute Gasteiger partial charge is 0.391 e. The van der Waals surface area contributed by atoms with Gasteiger partial charge in [0.15, 0.2) is 5.82 Å². The summed E-state index contributed by atoms with van der Waals surface area (Å²) in [6, 6.07) is 4.93. The number of carbonyl (C=O) groups is 1. The smallest absolute Gasteiger partial charge is 0.349 e. The van der Waals surface area contributed by atoms with Crippen LogP contribution in [0.15, 0.2) is 30.6 Å². The molecule has 0 saturated heterocycles. The number of aromatic nitrogens is 3. The molecule has 3 rings (SSSR count). The normalized spacial score (nSPS) is 20.7. The molecular formula is C19H23F3N4O. The summed E-state index contributed by atoms with van der Waals surface area (Å²) in [6.45, 7) is 3.88. The first-order valence-electron chi connectivity index (χ1n) is 9.14. The minimum absolute atomic E-state index is 0.00969. The van der Waals surface area contributed by atoms with Gasteiger partial charge in [-0.1, -0.05) is 26.3 Å². The molecule has 2 atom stereocenters. The van der Waals surface area contributed by atoms with Crippen LogP contribution in [0.25, 0.3) is 5.82 Å². The second-order valence-electron chi connectivity index (χ2n) is 7.27. The van der Waals surface area contributed by atoms with Gasteiger partial charge in [0.1, 0.15) is 0 Å². The molecule has 2 aromatic heterocycles. The van der Waals surface area contributed by atoms with E-state index in [4.69, 9.17) is 0 Å². The summed E-state index contributed by atoms with van der Waals surface area (Å²) in [5, 5.41) is 7.07. The molecule has 5 nitrogen and oxygen atoms in total. The monoisotopic (exact) mass is 380 g/mol. The first kappa shape index (κ1) is 19.4. The Hall–Kier alpha value is -2.38. The van der Waals surface area contributed by atoms with Crippen LogP contribution in [0.1, 0.15) is 61.5 Å². The quantitative estimate of drug-likeness (QED) is 0.863. The van der Waals surface area contributed by atoms with Gasteiger partial charge in [-0.2, -0.15) is 18.3 Å². The Bertz CT molecular complexity index is 786. The molecule has 1 saturated carbocycles. The van der Waals surface area contributed by atoms with E-state index in [1.54, 1.807) is 23.0 Å². The predicted octanol–water partition coefficient (Wildman–Crippen LogP) is 4.24. The lowest BCUT2D eigenvalue weighted by Crippen LogP contribution is -2.41. The van der Waals surface area contributed by atoms with Crippen LogP contribution >= 0.6 is 0 Å². The standard InChI is InChI=1S/C19H23F3N4O/c1-12(2)17-15(11-24-26(17)16-8-3-4-9-23-16)18(27)25-14-7-5-6-13(10-14)19(20,21)22/h3-4,8-9,11-14H,5-7,10H2,1-2H3,(H,25,27)/t13-,14-/m0/s1. The summed E-state index contributed by atoms with van der Waals surface area (Å²) in [4.78, 5) is 17.0. The number of nitrogens with zero attached hydrogens (tertiary/aromatic N) is 3. The van der Waals surface area contributed by atoms with Crippen LogP contribution in [0.2, 0.25) is 0 Å². The number of rotatable bonds is 4. The van der Waals surface area contributed by atoms with E-state index < -0.39 is 18.1 Å². The molecule has 0 bridgehead atoms. The lowest BCUT2D eigenvalue weighted by atomic mass is 9.85. The second-order valence-corrected chi connectivity index (χ2v) is 7.27. The van der Waals surface area contributed by atoms with E-state index in [0.29, 0.717) is 29.9 Å². The molecule has 1 aliphatic carbocycles. The highest BCUT2D eigenvalue weighted by atomic mass is 19.4. The van der Waals surface area contributed by atoms with Crippen LogP contribution in [0, 0.1) is 5.92 Å². The fourth-order valence-electron chi connectivity index (χ4n) is 3.63. The minimum Gasteiger partial charge on any atom is -0.349 e.